The zero-order valence-electron chi connectivity index (χ0n) is 7.23. The lowest BCUT2D eigenvalue weighted by atomic mass is 10.2. The fraction of sp³-hybridized carbons (Fsp3) is 0.375. The summed E-state index contributed by atoms with van der Waals surface area (Å²) in [6.07, 6.45) is -2.58. The molecule has 78 valence electrons. The van der Waals surface area contributed by atoms with Crippen LogP contribution in [0.15, 0.2) is 10.5 Å². The van der Waals surface area contributed by atoms with Gasteiger partial charge in [0.25, 0.3) is 6.43 Å². The van der Waals surface area contributed by atoms with Crippen LogP contribution < -0.4 is 4.74 Å². The molecule has 0 aliphatic carbocycles. The maximum Gasteiger partial charge on any atom is 0.265 e. The third-order valence-electron chi connectivity index (χ3n) is 1.60. The van der Waals surface area contributed by atoms with Crippen molar-refractivity contribution in [2.75, 3.05) is 7.11 Å². The van der Waals surface area contributed by atoms with Crippen LogP contribution in [0.25, 0.3) is 0 Å². The first-order valence-corrected chi connectivity index (χ1v) is 5.00. The van der Waals surface area contributed by atoms with E-state index < -0.39 is 6.43 Å². The fourth-order valence-electron chi connectivity index (χ4n) is 0.929. The lowest BCUT2D eigenvalue weighted by Crippen LogP contribution is -1.98. The highest BCUT2D eigenvalue weighted by molar-refractivity contribution is 9.10. The summed E-state index contributed by atoms with van der Waals surface area (Å²) in [5, 5.41) is 0. The van der Waals surface area contributed by atoms with Crippen LogP contribution >= 0.6 is 27.5 Å². The molecule has 0 amide bonds. The van der Waals surface area contributed by atoms with Crippen molar-refractivity contribution in [3.05, 3.63) is 21.8 Å². The summed E-state index contributed by atoms with van der Waals surface area (Å²) < 4.78 is 30.0. The van der Waals surface area contributed by atoms with E-state index in [1.165, 1.54) is 13.2 Å². The van der Waals surface area contributed by atoms with Gasteiger partial charge in [-0.3, -0.25) is 0 Å². The van der Waals surface area contributed by atoms with Crippen LogP contribution in [-0.2, 0) is 5.88 Å². The van der Waals surface area contributed by atoms with Crippen LogP contribution in [-0.4, -0.2) is 12.1 Å². The van der Waals surface area contributed by atoms with Crippen molar-refractivity contribution in [3.8, 4) is 5.88 Å². The molecule has 0 saturated heterocycles. The number of alkyl halides is 3. The Morgan fingerprint density at radius 2 is 2.29 bits per heavy atom. The zero-order valence-corrected chi connectivity index (χ0v) is 9.57. The van der Waals surface area contributed by atoms with Gasteiger partial charge in [-0.15, -0.1) is 11.6 Å². The molecule has 0 aromatic carbocycles. The highest BCUT2D eigenvalue weighted by atomic mass is 79.9. The Morgan fingerprint density at radius 3 is 2.71 bits per heavy atom. The highest BCUT2D eigenvalue weighted by Crippen LogP contribution is 2.32. The highest BCUT2D eigenvalue weighted by Gasteiger charge is 2.17. The predicted octanol–water partition coefficient (Wildman–Crippen LogP) is 3.53. The van der Waals surface area contributed by atoms with Gasteiger partial charge in [0, 0.05) is 16.1 Å². The number of aromatic nitrogens is 1. The quantitative estimate of drug-likeness (QED) is 0.793. The number of ether oxygens (including phenoxy) is 1. The Hall–Kier alpha value is -0.420. The number of nitrogens with zero attached hydrogens (tertiary/aromatic N) is 1. The van der Waals surface area contributed by atoms with E-state index in [0.29, 0.717) is 5.69 Å². The Balaban J connectivity index is 3.27. The van der Waals surface area contributed by atoms with Crippen LogP contribution in [0.1, 0.15) is 17.7 Å². The van der Waals surface area contributed by atoms with Gasteiger partial charge in [-0.2, -0.15) is 0 Å². The minimum atomic E-state index is -2.58. The molecule has 0 unspecified atom stereocenters. The summed E-state index contributed by atoms with van der Waals surface area (Å²) in [4.78, 5) is 3.92. The fourth-order valence-corrected chi connectivity index (χ4v) is 1.80. The summed E-state index contributed by atoms with van der Waals surface area (Å²) in [5.41, 5.74) is 0.189. The first-order chi connectivity index (χ1) is 6.60. The second-order valence-corrected chi connectivity index (χ2v) is 3.51. The van der Waals surface area contributed by atoms with Crippen molar-refractivity contribution in [2.24, 2.45) is 0 Å². The van der Waals surface area contributed by atoms with Gasteiger partial charge in [-0.05, 0) is 15.9 Å². The molecule has 0 fully saturated rings. The summed E-state index contributed by atoms with van der Waals surface area (Å²) in [6, 6.07) is 1.19. The normalized spacial score (nSPS) is 10.7. The molecule has 0 bridgehead atoms. The van der Waals surface area contributed by atoms with E-state index in [0.717, 1.165) is 0 Å². The number of hydrogen-bond acceptors (Lipinski definition) is 2. The molecule has 0 aliphatic rings. The molecule has 14 heavy (non-hydrogen) atoms. The molecule has 0 radical (unpaired) electrons. The molecule has 0 N–H and O–H groups in total. The van der Waals surface area contributed by atoms with Gasteiger partial charge in [0.2, 0.25) is 5.88 Å². The smallest absolute Gasteiger partial charge is 0.265 e. The van der Waals surface area contributed by atoms with Crippen molar-refractivity contribution in [2.45, 2.75) is 12.3 Å². The molecule has 6 heteroatoms. The molecule has 0 spiro atoms. The lowest BCUT2D eigenvalue weighted by Gasteiger charge is -2.09. The van der Waals surface area contributed by atoms with E-state index in [2.05, 4.69) is 20.9 Å². The largest absolute Gasteiger partial charge is 0.481 e. The number of hydrogen-bond donors (Lipinski definition) is 0. The minimum Gasteiger partial charge on any atom is -0.481 e. The van der Waals surface area contributed by atoms with E-state index in [1.54, 1.807) is 0 Å². The molecule has 1 aromatic heterocycles. The minimum absolute atomic E-state index is 0.0531. The Morgan fingerprint density at radius 1 is 1.64 bits per heavy atom. The summed E-state index contributed by atoms with van der Waals surface area (Å²) in [5.74, 6) is 0.191. The number of rotatable bonds is 3. The van der Waals surface area contributed by atoms with Crippen molar-refractivity contribution < 1.29 is 13.5 Å². The monoisotopic (exact) mass is 285 g/mol. The zero-order chi connectivity index (χ0) is 10.7. The lowest BCUT2D eigenvalue weighted by molar-refractivity contribution is 0.149. The molecular weight excluding hydrogens is 279 g/mol. The van der Waals surface area contributed by atoms with E-state index in [4.69, 9.17) is 16.3 Å². The van der Waals surface area contributed by atoms with Gasteiger partial charge in [-0.1, -0.05) is 0 Å². The summed E-state index contributed by atoms with van der Waals surface area (Å²) in [7, 11) is 1.36. The first kappa shape index (κ1) is 11.7. The average Bonchev–Trinajstić information content (AvgIpc) is 2.17. The van der Waals surface area contributed by atoms with Gasteiger partial charge in [-0.25, -0.2) is 13.8 Å². The van der Waals surface area contributed by atoms with Crippen LogP contribution in [0.3, 0.4) is 0 Å². The van der Waals surface area contributed by atoms with Gasteiger partial charge in [0.1, 0.15) is 0 Å². The predicted molar refractivity (Wildman–Crippen MR) is 53.0 cm³/mol. The van der Waals surface area contributed by atoms with Crippen LogP contribution in [0.5, 0.6) is 5.88 Å². The Kier molecular flexibility index (Phi) is 4.07. The number of pyridine rings is 1. The molecule has 2 nitrogen and oxygen atoms in total. The molecule has 1 rings (SSSR count). The summed E-state index contributed by atoms with van der Waals surface area (Å²) in [6.45, 7) is 0. The molecule has 0 saturated carbocycles. The first-order valence-electron chi connectivity index (χ1n) is 3.67. The topological polar surface area (TPSA) is 22.1 Å². The van der Waals surface area contributed by atoms with Gasteiger partial charge in [0.15, 0.2) is 0 Å². The van der Waals surface area contributed by atoms with E-state index in [1.807, 2.05) is 0 Å². The van der Waals surface area contributed by atoms with E-state index in [9.17, 15) is 8.78 Å². The molecule has 1 aromatic rings. The van der Waals surface area contributed by atoms with Gasteiger partial charge in [0.05, 0.1) is 18.7 Å². The van der Waals surface area contributed by atoms with Gasteiger partial charge >= 0.3 is 0 Å². The maximum atomic E-state index is 12.5. The van der Waals surface area contributed by atoms with E-state index in [-0.39, 0.29) is 21.8 Å². The number of methoxy groups -OCH3 is 1. The SMILES string of the molecule is COc1cc(C(F)F)c(Br)c(CCl)n1. The molecule has 1 heterocycles. The second kappa shape index (κ2) is 4.89. The van der Waals surface area contributed by atoms with Crippen LogP contribution in [0.2, 0.25) is 0 Å². The van der Waals surface area contributed by atoms with Crippen molar-refractivity contribution in [1.29, 1.82) is 0 Å². The molecular formula is C8H7BrClF2NO. The average molecular weight is 287 g/mol. The molecule has 0 aliphatic heterocycles. The Bertz CT molecular complexity index is 335. The Labute approximate surface area is 93.4 Å². The maximum absolute atomic E-state index is 12.5. The van der Waals surface area contributed by atoms with Crippen LogP contribution in [0, 0.1) is 0 Å². The van der Waals surface area contributed by atoms with Crippen molar-refractivity contribution in [3.63, 3.8) is 0 Å². The molecule has 0 atom stereocenters. The third-order valence-corrected chi connectivity index (χ3v) is 2.77. The standard InChI is InChI=1S/C8H7BrClF2NO/c1-14-6-2-4(8(11)12)7(9)5(3-10)13-6/h2,8H,3H2,1H3. The van der Waals surface area contributed by atoms with E-state index >= 15 is 0 Å². The third kappa shape index (κ3) is 2.33. The van der Waals surface area contributed by atoms with Crippen LogP contribution in [0.4, 0.5) is 8.78 Å². The van der Waals surface area contributed by atoms with Crippen molar-refractivity contribution in [1.82, 2.24) is 4.98 Å². The summed E-state index contributed by atoms with van der Waals surface area (Å²) >= 11 is 8.57. The number of halogens is 4. The van der Waals surface area contributed by atoms with Gasteiger partial charge < -0.3 is 4.74 Å². The van der Waals surface area contributed by atoms with Crippen molar-refractivity contribution >= 4 is 27.5 Å². The second-order valence-electron chi connectivity index (χ2n) is 2.45.